The summed E-state index contributed by atoms with van der Waals surface area (Å²) < 4.78 is 6.79. The van der Waals surface area contributed by atoms with Gasteiger partial charge in [0.25, 0.3) is 0 Å². The second-order valence-corrected chi connectivity index (χ2v) is 5.51. The van der Waals surface area contributed by atoms with Crippen LogP contribution in [0.4, 0.5) is 0 Å². The first kappa shape index (κ1) is 12.6. The fraction of sp³-hybridized carbons (Fsp3) is 0.500. The maximum atomic E-state index is 10.6. The van der Waals surface area contributed by atoms with Crippen molar-refractivity contribution in [2.45, 2.75) is 32.1 Å². The number of carbonyl (C=O) groups excluding carboxylic acids is 1. The molecule has 1 aliphatic rings. The molecule has 1 saturated carbocycles. The van der Waals surface area contributed by atoms with Gasteiger partial charge in [-0.25, -0.2) is 0 Å². The van der Waals surface area contributed by atoms with Crippen molar-refractivity contribution in [3.8, 4) is 5.75 Å². The maximum Gasteiger partial charge on any atom is 0.133 e. The van der Waals surface area contributed by atoms with Crippen LogP contribution in [0.1, 0.15) is 37.7 Å². The highest BCUT2D eigenvalue weighted by atomic mass is 79.9. The predicted molar refractivity (Wildman–Crippen MR) is 71.5 cm³/mol. The first-order valence-electron chi connectivity index (χ1n) is 6.07. The molecule has 1 aromatic rings. The largest absolute Gasteiger partial charge is 0.492 e. The van der Waals surface area contributed by atoms with Gasteiger partial charge in [-0.05, 0) is 52.2 Å². The standard InChI is InChI=1S/C14H17BrO2/c1-10(7-8-16)12-3-2-4-13(14(12)15)17-9-11-5-6-11/h2-4,8,10-11H,5-7,9H2,1H3. The predicted octanol–water partition coefficient (Wildman–Crippen LogP) is 3.93. The van der Waals surface area contributed by atoms with Gasteiger partial charge < -0.3 is 9.53 Å². The number of rotatable bonds is 6. The number of hydrogen-bond acceptors (Lipinski definition) is 2. The number of aldehydes is 1. The minimum absolute atomic E-state index is 0.228. The molecule has 1 unspecified atom stereocenters. The van der Waals surface area contributed by atoms with Gasteiger partial charge in [-0.3, -0.25) is 0 Å². The molecule has 0 aromatic heterocycles. The smallest absolute Gasteiger partial charge is 0.133 e. The number of ether oxygens (including phenoxy) is 1. The minimum Gasteiger partial charge on any atom is -0.492 e. The van der Waals surface area contributed by atoms with E-state index in [0.29, 0.717) is 6.42 Å². The summed E-state index contributed by atoms with van der Waals surface area (Å²) in [6.45, 7) is 2.86. The van der Waals surface area contributed by atoms with Gasteiger partial charge in [0, 0.05) is 6.42 Å². The van der Waals surface area contributed by atoms with Gasteiger partial charge >= 0.3 is 0 Å². The van der Waals surface area contributed by atoms with Gasteiger partial charge in [0.1, 0.15) is 12.0 Å². The van der Waals surface area contributed by atoms with E-state index in [1.165, 1.54) is 12.8 Å². The topological polar surface area (TPSA) is 26.3 Å². The zero-order valence-electron chi connectivity index (χ0n) is 9.99. The lowest BCUT2D eigenvalue weighted by molar-refractivity contribution is -0.108. The van der Waals surface area contributed by atoms with E-state index in [-0.39, 0.29) is 5.92 Å². The molecule has 0 N–H and O–H groups in total. The van der Waals surface area contributed by atoms with Crippen LogP contribution in [-0.2, 0) is 4.79 Å². The molecule has 0 bridgehead atoms. The summed E-state index contributed by atoms with van der Waals surface area (Å²) in [6.07, 6.45) is 4.09. The van der Waals surface area contributed by atoms with Crippen LogP contribution >= 0.6 is 15.9 Å². The molecule has 0 aliphatic heterocycles. The number of carbonyl (C=O) groups is 1. The molecule has 0 spiro atoms. The quantitative estimate of drug-likeness (QED) is 0.744. The zero-order chi connectivity index (χ0) is 12.3. The summed E-state index contributed by atoms with van der Waals surface area (Å²) in [5, 5.41) is 0. The van der Waals surface area contributed by atoms with Crippen molar-refractivity contribution in [1.29, 1.82) is 0 Å². The Morgan fingerprint density at radius 1 is 1.53 bits per heavy atom. The van der Waals surface area contributed by atoms with Crippen molar-refractivity contribution in [2.75, 3.05) is 6.61 Å². The minimum atomic E-state index is 0.228. The molecule has 0 amide bonds. The van der Waals surface area contributed by atoms with Crippen molar-refractivity contribution in [3.63, 3.8) is 0 Å². The van der Waals surface area contributed by atoms with E-state index in [1.54, 1.807) is 0 Å². The highest BCUT2D eigenvalue weighted by molar-refractivity contribution is 9.10. The molecule has 0 saturated heterocycles. The van der Waals surface area contributed by atoms with Crippen LogP contribution in [0.2, 0.25) is 0 Å². The van der Waals surface area contributed by atoms with Crippen LogP contribution in [0.15, 0.2) is 22.7 Å². The van der Waals surface area contributed by atoms with E-state index < -0.39 is 0 Å². The third-order valence-electron chi connectivity index (χ3n) is 3.15. The summed E-state index contributed by atoms with van der Waals surface area (Å²) in [4.78, 5) is 10.6. The molecule has 1 fully saturated rings. The molecule has 17 heavy (non-hydrogen) atoms. The summed E-state index contributed by atoms with van der Waals surface area (Å²) in [5.41, 5.74) is 1.14. The molecule has 3 heteroatoms. The fourth-order valence-electron chi connectivity index (χ4n) is 1.78. The number of hydrogen-bond donors (Lipinski definition) is 0. The van der Waals surface area contributed by atoms with Crippen molar-refractivity contribution in [2.24, 2.45) is 5.92 Å². The third-order valence-corrected chi connectivity index (χ3v) is 3.99. The Balaban J connectivity index is 2.10. The maximum absolute atomic E-state index is 10.6. The molecule has 1 aliphatic carbocycles. The molecule has 2 nitrogen and oxygen atoms in total. The molecule has 1 aromatic carbocycles. The molecule has 0 radical (unpaired) electrons. The number of benzene rings is 1. The molecule has 2 rings (SSSR count). The molecule has 92 valence electrons. The van der Waals surface area contributed by atoms with Gasteiger partial charge in [-0.15, -0.1) is 0 Å². The second-order valence-electron chi connectivity index (χ2n) is 4.72. The third kappa shape index (κ3) is 3.32. The average Bonchev–Trinajstić information content (AvgIpc) is 3.12. The van der Waals surface area contributed by atoms with E-state index in [9.17, 15) is 4.79 Å². The van der Waals surface area contributed by atoms with E-state index in [4.69, 9.17) is 4.74 Å². The van der Waals surface area contributed by atoms with E-state index >= 15 is 0 Å². The first-order valence-corrected chi connectivity index (χ1v) is 6.86. The van der Waals surface area contributed by atoms with Crippen molar-refractivity contribution in [1.82, 2.24) is 0 Å². The molecule has 0 heterocycles. The zero-order valence-corrected chi connectivity index (χ0v) is 11.6. The molecule has 1 atom stereocenters. The monoisotopic (exact) mass is 296 g/mol. The van der Waals surface area contributed by atoms with Gasteiger partial charge in [0.2, 0.25) is 0 Å². The van der Waals surface area contributed by atoms with Crippen LogP contribution in [0, 0.1) is 5.92 Å². The van der Waals surface area contributed by atoms with E-state index in [0.717, 1.165) is 34.6 Å². The molecular formula is C14H17BrO2. The van der Waals surface area contributed by atoms with Crippen molar-refractivity contribution < 1.29 is 9.53 Å². The van der Waals surface area contributed by atoms with Crippen LogP contribution in [0.3, 0.4) is 0 Å². The van der Waals surface area contributed by atoms with Crippen LogP contribution < -0.4 is 4.74 Å². The Hall–Kier alpha value is -0.830. The Morgan fingerprint density at radius 2 is 2.29 bits per heavy atom. The van der Waals surface area contributed by atoms with E-state index in [2.05, 4.69) is 22.9 Å². The lowest BCUT2D eigenvalue weighted by Crippen LogP contribution is -2.02. The Labute approximate surface area is 110 Å². The van der Waals surface area contributed by atoms with Gasteiger partial charge in [0.05, 0.1) is 11.1 Å². The Morgan fingerprint density at radius 3 is 2.94 bits per heavy atom. The number of halogens is 1. The van der Waals surface area contributed by atoms with Crippen molar-refractivity contribution >= 4 is 22.2 Å². The lowest BCUT2D eigenvalue weighted by atomic mass is 9.98. The summed E-state index contributed by atoms with van der Waals surface area (Å²) in [5.74, 6) is 1.87. The van der Waals surface area contributed by atoms with Crippen LogP contribution in [0.5, 0.6) is 5.75 Å². The Bertz CT molecular complexity index is 399. The normalized spacial score (nSPS) is 16.6. The van der Waals surface area contributed by atoms with E-state index in [1.807, 2.05) is 18.2 Å². The Kier molecular flexibility index (Phi) is 4.21. The van der Waals surface area contributed by atoms with Gasteiger partial charge in [0.15, 0.2) is 0 Å². The highest BCUT2D eigenvalue weighted by Gasteiger charge is 2.22. The van der Waals surface area contributed by atoms with Crippen LogP contribution in [0.25, 0.3) is 0 Å². The van der Waals surface area contributed by atoms with Crippen molar-refractivity contribution in [3.05, 3.63) is 28.2 Å². The summed E-state index contributed by atoms with van der Waals surface area (Å²) >= 11 is 3.58. The average molecular weight is 297 g/mol. The fourth-order valence-corrected chi connectivity index (χ4v) is 2.55. The van der Waals surface area contributed by atoms with Gasteiger partial charge in [-0.1, -0.05) is 19.1 Å². The SMILES string of the molecule is CC(CC=O)c1cccc(OCC2CC2)c1Br. The van der Waals surface area contributed by atoms with Crippen LogP contribution in [-0.4, -0.2) is 12.9 Å². The molecular weight excluding hydrogens is 280 g/mol. The first-order chi connectivity index (χ1) is 8.22. The second kappa shape index (κ2) is 5.67. The lowest BCUT2D eigenvalue weighted by Gasteiger charge is -2.14. The highest BCUT2D eigenvalue weighted by Crippen LogP contribution is 2.36. The summed E-state index contributed by atoms with van der Waals surface area (Å²) in [6, 6.07) is 6.01. The summed E-state index contributed by atoms with van der Waals surface area (Å²) in [7, 11) is 0. The van der Waals surface area contributed by atoms with Gasteiger partial charge in [-0.2, -0.15) is 0 Å².